The number of sulfonamides is 1. The van der Waals surface area contributed by atoms with E-state index in [4.69, 9.17) is 4.74 Å². The Balaban J connectivity index is 1.89. The summed E-state index contributed by atoms with van der Waals surface area (Å²) in [5.41, 5.74) is 1.57. The standard InChI is InChI=1S/C18H20N2O3S/c1-2-11-19-16-9-6-10-17-18(16)24(21,22)20-15(13-23-17)12-14-7-4-3-5-8-14/h2-10,15,19-20H,1,11-13H2/t15-/m0/s1. The number of ether oxygens (including phenoxy) is 1. The summed E-state index contributed by atoms with van der Waals surface area (Å²) in [6.07, 6.45) is 2.25. The number of nitrogens with one attached hydrogen (secondary N) is 2. The van der Waals surface area contributed by atoms with Crippen LogP contribution in [0.25, 0.3) is 0 Å². The highest BCUT2D eigenvalue weighted by Crippen LogP contribution is 2.33. The van der Waals surface area contributed by atoms with E-state index in [9.17, 15) is 8.42 Å². The molecular weight excluding hydrogens is 324 g/mol. The summed E-state index contributed by atoms with van der Waals surface area (Å²) >= 11 is 0. The first-order chi connectivity index (χ1) is 11.6. The Morgan fingerprint density at radius 3 is 2.75 bits per heavy atom. The molecule has 0 aliphatic carbocycles. The molecule has 1 aliphatic heterocycles. The van der Waals surface area contributed by atoms with Crippen molar-refractivity contribution in [3.63, 3.8) is 0 Å². The highest BCUT2D eigenvalue weighted by atomic mass is 32.2. The Morgan fingerprint density at radius 2 is 2.00 bits per heavy atom. The minimum atomic E-state index is -3.68. The maximum absolute atomic E-state index is 12.8. The van der Waals surface area contributed by atoms with Gasteiger partial charge in [0, 0.05) is 6.54 Å². The van der Waals surface area contributed by atoms with Gasteiger partial charge >= 0.3 is 0 Å². The molecule has 2 aromatic carbocycles. The van der Waals surface area contributed by atoms with Crippen molar-refractivity contribution in [1.82, 2.24) is 4.72 Å². The van der Waals surface area contributed by atoms with E-state index >= 15 is 0 Å². The lowest BCUT2D eigenvalue weighted by Crippen LogP contribution is -2.38. The van der Waals surface area contributed by atoms with Crippen LogP contribution in [0.5, 0.6) is 5.75 Å². The second-order valence-corrected chi connectivity index (χ2v) is 7.27. The predicted octanol–water partition coefficient (Wildman–Crippen LogP) is 2.57. The van der Waals surface area contributed by atoms with E-state index in [0.29, 0.717) is 24.4 Å². The molecule has 0 amide bonds. The van der Waals surface area contributed by atoms with Gasteiger partial charge in [0.1, 0.15) is 17.3 Å². The van der Waals surface area contributed by atoms with Crippen LogP contribution in [-0.4, -0.2) is 27.6 Å². The first-order valence-corrected chi connectivity index (χ1v) is 9.25. The minimum absolute atomic E-state index is 0.155. The molecule has 1 atom stereocenters. The van der Waals surface area contributed by atoms with Gasteiger partial charge in [-0.05, 0) is 24.1 Å². The second kappa shape index (κ2) is 7.07. The third-order valence-electron chi connectivity index (χ3n) is 3.77. The molecule has 0 aromatic heterocycles. The molecule has 0 fully saturated rings. The Morgan fingerprint density at radius 1 is 1.21 bits per heavy atom. The molecule has 2 aromatic rings. The lowest BCUT2D eigenvalue weighted by molar-refractivity contribution is 0.279. The molecular formula is C18H20N2O3S. The summed E-state index contributed by atoms with van der Waals surface area (Å²) < 4.78 is 34.2. The minimum Gasteiger partial charge on any atom is -0.490 e. The zero-order valence-electron chi connectivity index (χ0n) is 13.2. The van der Waals surface area contributed by atoms with Gasteiger partial charge in [-0.15, -0.1) is 6.58 Å². The monoisotopic (exact) mass is 344 g/mol. The van der Waals surface area contributed by atoms with Gasteiger partial charge in [0.25, 0.3) is 0 Å². The van der Waals surface area contributed by atoms with Crippen molar-refractivity contribution >= 4 is 15.7 Å². The molecule has 1 heterocycles. The Bertz CT molecular complexity index is 819. The SMILES string of the molecule is C=CCNc1cccc2c1S(=O)(=O)N[C@@H](Cc1ccccc1)CO2. The largest absolute Gasteiger partial charge is 0.490 e. The maximum Gasteiger partial charge on any atom is 0.246 e. The third-order valence-corrected chi connectivity index (χ3v) is 5.37. The number of fused-ring (bicyclic) bond motifs is 1. The quantitative estimate of drug-likeness (QED) is 0.818. The van der Waals surface area contributed by atoms with Gasteiger partial charge in [0.2, 0.25) is 10.0 Å². The lowest BCUT2D eigenvalue weighted by atomic mass is 10.1. The first kappa shape index (κ1) is 16.5. The van der Waals surface area contributed by atoms with Crippen molar-refractivity contribution in [2.24, 2.45) is 0 Å². The topological polar surface area (TPSA) is 67.4 Å². The molecule has 1 aliphatic rings. The summed E-state index contributed by atoms with van der Waals surface area (Å²) in [5, 5.41) is 3.05. The Labute approximate surface area is 142 Å². The summed E-state index contributed by atoms with van der Waals surface area (Å²) in [6, 6.07) is 14.6. The van der Waals surface area contributed by atoms with Crippen LogP contribution in [0.4, 0.5) is 5.69 Å². The number of anilines is 1. The van der Waals surface area contributed by atoms with E-state index in [1.807, 2.05) is 30.3 Å². The van der Waals surface area contributed by atoms with Crippen LogP contribution in [0, 0.1) is 0 Å². The van der Waals surface area contributed by atoms with Gasteiger partial charge in [0.05, 0.1) is 11.7 Å². The van der Waals surface area contributed by atoms with E-state index in [2.05, 4.69) is 16.6 Å². The third kappa shape index (κ3) is 3.60. The summed E-state index contributed by atoms with van der Waals surface area (Å²) in [6.45, 7) is 4.40. The molecule has 6 heteroatoms. The van der Waals surface area contributed by atoms with Crippen molar-refractivity contribution < 1.29 is 13.2 Å². The van der Waals surface area contributed by atoms with Crippen LogP contribution in [0.3, 0.4) is 0 Å². The normalized spacial score (nSPS) is 18.8. The molecule has 0 saturated heterocycles. The van der Waals surface area contributed by atoms with Crippen molar-refractivity contribution in [3.05, 3.63) is 66.7 Å². The lowest BCUT2D eigenvalue weighted by Gasteiger charge is -2.15. The van der Waals surface area contributed by atoms with Crippen LogP contribution in [0.2, 0.25) is 0 Å². The highest BCUT2D eigenvalue weighted by Gasteiger charge is 2.30. The highest BCUT2D eigenvalue weighted by molar-refractivity contribution is 7.89. The number of rotatable bonds is 5. The predicted molar refractivity (Wildman–Crippen MR) is 94.9 cm³/mol. The van der Waals surface area contributed by atoms with E-state index in [-0.39, 0.29) is 17.5 Å². The summed E-state index contributed by atoms with van der Waals surface area (Å²) in [4.78, 5) is 0.155. The van der Waals surface area contributed by atoms with Crippen molar-refractivity contribution in [2.45, 2.75) is 17.4 Å². The van der Waals surface area contributed by atoms with Gasteiger partial charge in [0.15, 0.2) is 0 Å². The van der Waals surface area contributed by atoms with Gasteiger partial charge in [-0.25, -0.2) is 13.1 Å². The molecule has 3 rings (SSSR count). The Kier molecular flexibility index (Phi) is 4.87. The molecule has 0 bridgehead atoms. The van der Waals surface area contributed by atoms with Crippen LogP contribution < -0.4 is 14.8 Å². The molecule has 0 saturated carbocycles. The molecule has 126 valence electrons. The van der Waals surface area contributed by atoms with Crippen LogP contribution >= 0.6 is 0 Å². The van der Waals surface area contributed by atoms with Crippen molar-refractivity contribution in [2.75, 3.05) is 18.5 Å². The number of hydrogen-bond donors (Lipinski definition) is 2. The van der Waals surface area contributed by atoms with E-state index < -0.39 is 10.0 Å². The molecule has 24 heavy (non-hydrogen) atoms. The molecule has 2 N–H and O–H groups in total. The fourth-order valence-electron chi connectivity index (χ4n) is 2.73. The summed E-state index contributed by atoms with van der Waals surface area (Å²) in [5.74, 6) is 0.368. The van der Waals surface area contributed by atoms with Gasteiger partial charge < -0.3 is 10.1 Å². The van der Waals surface area contributed by atoms with Gasteiger partial charge in [-0.1, -0.05) is 42.5 Å². The smallest absolute Gasteiger partial charge is 0.246 e. The molecule has 0 spiro atoms. The number of hydrogen-bond acceptors (Lipinski definition) is 4. The fourth-order valence-corrected chi connectivity index (χ4v) is 4.26. The van der Waals surface area contributed by atoms with E-state index in [1.54, 1.807) is 24.3 Å². The van der Waals surface area contributed by atoms with Crippen LogP contribution in [0.1, 0.15) is 5.56 Å². The molecule has 0 radical (unpaired) electrons. The fraction of sp³-hybridized carbons (Fsp3) is 0.222. The van der Waals surface area contributed by atoms with Gasteiger partial charge in [-0.3, -0.25) is 0 Å². The van der Waals surface area contributed by atoms with E-state index in [1.165, 1.54) is 0 Å². The van der Waals surface area contributed by atoms with E-state index in [0.717, 1.165) is 5.56 Å². The zero-order chi connectivity index (χ0) is 17.0. The average molecular weight is 344 g/mol. The molecule has 0 unspecified atom stereocenters. The second-order valence-electron chi connectivity index (χ2n) is 5.62. The maximum atomic E-state index is 12.8. The average Bonchev–Trinajstić information content (AvgIpc) is 2.70. The molecule has 5 nitrogen and oxygen atoms in total. The summed E-state index contributed by atoms with van der Waals surface area (Å²) in [7, 11) is -3.68. The zero-order valence-corrected chi connectivity index (χ0v) is 14.1. The first-order valence-electron chi connectivity index (χ1n) is 7.77. The number of benzene rings is 2. The van der Waals surface area contributed by atoms with Crippen LogP contribution in [0.15, 0.2) is 66.1 Å². The van der Waals surface area contributed by atoms with Crippen LogP contribution in [-0.2, 0) is 16.4 Å². The van der Waals surface area contributed by atoms with Gasteiger partial charge in [-0.2, -0.15) is 0 Å². The van der Waals surface area contributed by atoms with Crippen molar-refractivity contribution in [3.8, 4) is 5.75 Å². The van der Waals surface area contributed by atoms with Crippen molar-refractivity contribution in [1.29, 1.82) is 0 Å². The Hall–Kier alpha value is -2.31.